The van der Waals surface area contributed by atoms with Crippen LogP contribution in [0.1, 0.15) is 19.4 Å². The molecule has 120 valence electrons. The minimum atomic E-state index is -0.405. The maximum absolute atomic E-state index is 12.4. The first-order valence-corrected chi connectivity index (χ1v) is 7.83. The molecule has 1 aromatic carbocycles. The number of benzene rings is 1. The Morgan fingerprint density at radius 2 is 1.91 bits per heavy atom. The smallest absolute Gasteiger partial charge is 0.245 e. The third kappa shape index (κ3) is 4.07. The second-order valence-corrected chi connectivity index (χ2v) is 5.46. The van der Waals surface area contributed by atoms with Crippen LogP contribution in [0.25, 0.3) is 0 Å². The lowest BCUT2D eigenvalue weighted by Gasteiger charge is -2.38. The molecule has 2 rings (SSSR count). The number of amides is 2. The zero-order chi connectivity index (χ0) is 15.9. The third-order valence-electron chi connectivity index (χ3n) is 3.98. The van der Waals surface area contributed by atoms with Crippen molar-refractivity contribution in [3.63, 3.8) is 0 Å². The highest BCUT2D eigenvalue weighted by molar-refractivity contribution is 5.94. The summed E-state index contributed by atoms with van der Waals surface area (Å²) in [5.41, 5.74) is 1.18. The van der Waals surface area contributed by atoms with Crippen LogP contribution >= 0.6 is 0 Å². The topological polar surface area (TPSA) is 49.9 Å². The van der Waals surface area contributed by atoms with Gasteiger partial charge in [-0.15, -0.1) is 0 Å². The zero-order valence-corrected chi connectivity index (χ0v) is 13.3. The van der Waals surface area contributed by atoms with Crippen molar-refractivity contribution in [3.8, 4) is 0 Å². The molecule has 0 spiro atoms. The molecule has 0 aliphatic carbocycles. The number of nitrogens with zero attached hydrogens (tertiary/aromatic N) is 2. The largest absolute Gasteiger partial charge is 0.380 e. The van der Waals surface area contributed by atoms with Gasteiger partial charge in [0.15, 0.2) is 0 Å². The number of carbonyl (C=O) groups excluding carboxylic acids is 2. The van der Waals surface area contributed by atoms with Gasteiger partial charge in [-0.05, 0) is 25.8 Å². The Morgan fingerprint density at radius 3 is 2.59 bits per heavy atom. The Morgan fingerprint density at radius 1 is 1.18 bits per heavy atom. The monoisotopic (exact) mass is 304 g/mol. The molecular formula is C17H24N2O3. The summed E-state index contributed by atoms with van der Waals surface area (Å²) in [6, 6.07) is 9.60. The fraction of sp³-hybridized carbons (Fsp3) is 0.529. The molecule has 1 fully saturated rings. The summed E-state index contributed by atoms with van der Waals surface area (Å²) >= 11 is 0. The van der Waals surface area contributed by atoms with E-state index in [-0.39, 0.29) is 18.4 Å². The SMILES string of the molecule is CCOCCN1C(=O)CN(CCc2ccccc2)C(=O)[C@H]1C. The number of hydrogen-bond acceptors (Lipinski definition) is 3. The van der Waals surface area contributed by atoms with Crippen molar-refractivity contribution < 1.29 is 14.3 Å². The van der Waals surface area contributed by atoms with Crippen LogP contribution in [-0.2, 0) is 20.7 Å². The highest BCUT2D eigenvalue weighted by atomic mass is 16.5. The van der Waals surface area contributed by atoms with E-state index in [2.05, 4.69) is 0 Å². The molecule has 1 saturated heterocycles. The quantitative estimate of drug-likeness (QED) is 0.714. The summed E-state index contributed by atoms with van der Waals surface area (Å²) in [6.07, 6.45) is 0.769. The van der Waals surface area contributed by atoms with Gasteiger partial charge in [0.1, 0.15) is 6.04 Å². The van der Waals surface area contributed by atoms with Gasteiger partial charge in [0, 0.05) is 19.7 Å². The van der Waals surface area contributed by atoms with E-state index < -0.39 is 6.04 Å². The van der Waals surface area contributed by atoms with Crippen molar-refractivity contribution in [2.75, 3.05) is 32.8 Å². The van der Waals surface area contributed by atoms with Gasteiger partial charge in [-0.1, -0.05) is 30.3 Å². The van der Waals surface area contributed by atoms with E-state index in [9.17, 15) is 9.59 Å². The zero-order valence-electron chi connectivity index (χ0n) is 13.3. The fourth-order valence-corrected chi connectivity index (χ4v) is 2.67. The lowest BCUT2D eigenvalue weighted by molar-refractivity contribution is -0.155. The number of ether oxygens (including phenoxy) is 1. The van der Waals surface area contributed by atoms with Crippen LogP contribution in [0.5, 0.6) is 0 Å². The standard InChI is InChI=1S/C17H24N2O3/c1-3-22-12-11-19-14(2)17(21)18(13-16(19)20)10-9-15-7-5-4-6-8-15/h4-8,14H,3,9-13H2,1-2H3/t14-/m1/s1. The molecule has 0 aromatic heterocycles. The van der Waals surface area contributed by atoms with Gasteiger partial charge in [-0.2, -0.15) is 0 Å². The maximum Gasteiger partial charge on any atom is 0.245 e. The molecular weight excluding hydrogens is 280 g/mol. The molecule has 5 nitrogen and oxygen atoms in total. The van der Waals surface area contributed by atoms with Crippen LogP contribution in [0.4, 0.5) is 0 Å². The molecule has 1 atom stereocenters. The molecule has 1 aromatic rings. The summed E-state index contributed by atoms with van der Waals surface area (Å²) in [7, 11) is 0. The third-order valence-corrected chi connectivity index (χ3v) is 3.98. The molecule has 5 heteroatoms. The predicted molar refractivity (Wildman–Crippen MR) is 84.4 cm³/mol. The van der Waals surface area contributed by atoms with Crippen LogP contribution in [-0.4, -0.2) is 60.5 Å². The molecule has 1 aliphatic heterocycles. The molecule has 0 bridgehead atoms. The molecule has 22 heavy (non-hydrogen) atoms. The minimum Gasteiger partial charge on any atom is -0.380 e. The van der Waals surface area contributed by atoms with Crippen molar-refractivity contribution in [3.05, 3.63) is 35.9 Å². The van der Waals surface area contributed by atoms with E-state index in [1.807, 2.05) is 37.3 Å². The van der Waals surface area contributed by atoms with E-state index in [0.29, 0.717) is 26.3 Å². The van der Waals surface area contributed by atoms with Gasteiger partial charge in [-0.3, -0.25) is 9.59 Å². The number of piperazine rings is 1. The van der Waals surface area contributed by atoms with Crippen molar-refractivity contribution in [2.45, 2.75) is 26.3 Å². The summed E-state index contributed by atoms with van der Waals surface area (Å²) < 4.78 is 5.28. The van der Waals surface area contributed by atoms with Crippen LogP contribution in [0.3, 0.4) is 0 Å². The Kier molecular flexibility index (Phi) is 5.95. The summed E-state index contributed by atoms with van der Waals surface area (Å²) in [6.45, 7) is 6.03. The Bertz CT molecular complexity index is 504. The van der Waals surface area contributed by atoms with Crippen LogP contribution < -0.4 is 0 Å². The molecule has 2 amide bonds. The minimum absolute atomic E-state index is 0.000125. The van der Waals surface area contributed by atoms with Crippen LogP contribution in [0.15, 0.2) is 30.3 Å². The molecule has 1 heterocycles. The number of rotatable bonds is 7. The van der Waals surface area contributed by atoms with Crippen molar-refractivity contribution in [1.82, 2.24) is 9.80 Å². The van der Waals surface area contributed by atoms with E-state index in [1.165, 1.54) is 5.56 Å². The second kappa shape index (κ2) is 7.94. The first-order chi connectivity index (χ1) is 10.6. The van der Waals surface area contributed by atoms with Crippen molar-refractivity contribution in [1.29, 1.82) is 0 Å². The van der Waals surface area contributed by atoms with E-state index in [4.69, 9.17) is 4.74 Å². The second-order valence-electron chi connectivity index (χ2n) is 5.46. The lowest BCUT2D eigenvalue weighted by atomic mass is 10.1. The van der Waals surface area contributed by atoms with E-state index >= 15 is 0 Å². The molecule has 0 radical (unpaired) electrons. The molecule has 1 aliphatic rings. The summed E-state index contributed by atoms with van der Waals surface area (Å²) in [5, 5.41) is 0. The maximum atomic E-state index is 12.4. The van der Waals surface area contributed by atoms with Gasteiger partial charge in [0.25, 0.3) is 0 Å². The Hall–Kier alpha value is -1.88. The predicted octanol–water partition coefficient (Wildman–Crippen LogP) is 1.32. The van der Waals surface area contributed by atoms with Crippen LogP contribution in [0, 0.1) is 0 Å². The highest BCUT2D eigenvalue weighted by Crippen LogP contribution is 2.13. The van der Waals surface area contributed by atoms with Crippen molar-refractivity contribution >= 4 is 11.8 Å². The van der Waals surface area contributed by atoms with E-state index in [1.54, 1.807) is 16.7 Å². The van der Waals surface area contributed by atoms with Gasteiger partial charge in [-0.25, -0.2) is 0 Å². The molecule has 0 saturated carbocycles. The first-order valence-electron chi connectivity index (χ1n) is 7.83. The Balaban J connectivity index is 1.90. The molecule has 0 unspecified atom stereocenters. The fourth-order valence-electron chi connectivity index (χ4n) is 2.67. The van der Waals surface area contributed by atoms with Gasteiger partial charge < -0.3 is 14.5 Å². The van der Waals surface area contributed by atoms with Gasteiger partial charge in [0.2, 0.25) is 11.8 Å². The summed E-state index contributed by atoms with van der Waals surface area (Å²) in [5.74, 6) is 0.0203. The lowest BCUT2D eigenvalue weighted by Crippen LogP contribution is -2.59. The van der Waals surface area contributed by atoms with Crippen molar-refractivity contribution in [2.24, 2.45) is 0 Å². The highest BCUT2D eigenvalue weighted by Gasteiger charge is 2.35. The summed E-state index contributed by atoms with van der Waals surface area (Å²) in [4.78, 5) is 28.0. The average molecular weight is 304 g/mol. The van der Waals surface area contributed by atoms with Crippen LogP contribution in [0.2, 0.25) is 0 Å². The van der Waals surface area contributed by atoms with Gasteiger partial charge >= 0.3 is 0 Å². The van der Waals surface area contributed by atoms with Gasteiger partial charge in [0.05, 0.1) is 13.2 Å². The number of carbonyl (C=O) groups is 2. The first kappa shape index (κ1) is 16.5. The average Bonchev–Trinajstić information content (AvgIpc) is 2.54. The molecule has 0 N–H and O–H groups in total. The number of hydrogen-bond donors (Lipinski definition) is 0. The Labute approximate surface area is 131 Å². The normalized spacial score (nSPS) is 18.9. The van der Waals surface area contributed by atoms with E-state index in [0.717, 1.165) is 6.42 Å².